The number of urea groups is 1. The minimum atomic E-state index is -0.217. The summed E-state index contributed by atoms with van der Waals surface area (Å²) in [6.07, 6.45) is 1.63. The predicted molar refractivity (Wildman–Crippen MR) is 90.8 cm³/mol. The minimum absolute atomic E-state index is 0.118. The predicted octanol–water partition coefficient (Wildman–Crippen LogP) is 3.28. The zero-order valence-corrected chi connectivity index (χ0v) is 14.7. The molecule has 0 radical (unpaired) electrons. The van der Waals surface area contributed by atoms with Gasteiger partial charge in [-0.05, 0) is 44.4 Å². The van der Waals surface area contributed by atoms with Crippen molar-refractivity contribution in [2.75, 3.05) is 20.3 Å². The lowest BCUT2D eigenvalue weighted by atomic mass is 9.94. The van der Waals surface area contributed by atoms with Crippen LogP contribution in [0.5, 0.6) is 0 Å². The average Bonchev–Trinajstić information content (AvgIpc) is 2.46. The summed E-state index contributed by atoms with van der Waals surface area (Å²) in [5.41, 5.74) is 0.761. The van der Waals surface area contributed by atoms with E-state index < -0.39 is 0 Å². The molecule has 128 valence electrons. The van der Waals surface area contributed by atoms with E-state index in [1.54, 1.807) is 19.2 Å². The monoisotopic (exact) mass is 340 g/mol. The van der Waals surface area contributed by atoms with Crippen LogP contribution in [0.3, 0.4) is 0 Å². The Labute approximate surface area is 142 Å². The maximum absolute atomic E-state index is 12.3. The van der Waals surface area contributed by atoms with Crippen molar-refractivity contribution in [2.24, 2.45) is 0 Å². The van der Waals surface area contributed by atoms with Gasteiger partial charge in [-0.2, -0.15) is 0 Å². The van der Waals surface area contributed by atoms with Gasteiger partial charge in [-0.3, -0.25) is 0 Å². The van der Waals surface area contributed by atoms with E-state index in [2.05, 4.69) is 10.6 Å². The van der Waals surface area contributed by atoms with Crippen molar-refractivity contribution in [3.05, 3.63) is 34.9 Å². The lowest BCUT2D eigenvalue weighted by molar-refractivity contribution is -0.0611. The number of amides is 2. The third-order valence-corrected chi connectivity index (χ3v) is 4.20. The zero-order chi connectivity index (χ0) is 16.9. The Hall–Kier alpha value is -1.30. The van der Waals surface area contributed by atoms with Crippen LogP contribution in [0.15, 0.2) is 24.3 Å². The highest BCUT2D eigenvalue weighted by atomic mass is 35.5. The second-order valence-electron chi connectivity index (χ2n) is 6.48. The molecule has 1 heterocycles. The molecule has 0 bridgehead atoms. The summed E-state index contributed by atoms with van der Waals surface area (Å²) in [5, 5.41) is 6.67. The molecule has 2 atom stereocenters. The van der Waals surface area contributed by atoms with Gasteiger partial charge >= 0.3 is 6.03 Å². The average molecular weight is 341 g/mol. The van der Waals surface area contributed by atoms with Gasteiger partial charge in [0.25, 0.3) is 0 Å². The van der Waals surface area contributed by atoms with Gasteiger partial charge in [0.05, 0.1) is 18.2 Å². The van der Waals surface area contributed by atoms with Crippen molar-refractivity contribution in [1.82, 2.24) is 10.6 Å². The number of benzene rings is 1. The number of halogens is 1. The first-order chi connectivity index (χ1) is 10.9. The Balaban J connectivity index is 1.94. The van der Waals surface area contributed by atoms with E-state index in [9.17, 15) is 4.79 Å². The molecule has 1 aromatic rings. The van der Waals surface area contributed by atoms with E-state index in [1.165, 1.54) is 0 Å². The molecular weight excluding hydrogens is 316 g/mol. The lowest BCUT2D eigenvalue weighted by Gasteiger charge is -2.36. The van der Waals surface area contributed by atoms with Crippen LogP contribution in [0.4, 0.5) is 4.79 Å². The fraction of sp³-hybridized carbons (Fsp3) is 0.588. The van der Waals surface area contributed by atoms with Gasteiger partial charge in [-0.25, -0.2) is 4.79 Å². The number of hydrogen-bond donors (Lipinski definition) is 2. The number of nitrogens with one attached hydrogen (secondary N) is 2. The van der Waals surface area contributed by atoms with Crippen molar-refractivity contribution in [3.63, 3.8) is 0 Å². The van der Waals surface area contributed by atoms with Gasteiger partial charge in [0, 0.05) is 24.8 Å². The number of carbonyl (C=O) groups excluding carboxylic acids is 1. The number of methoxy groups -OCH3 is 1. The van der Waals surface area contributed by atoms with Crippen molar-refractivity contribution >= 4 is 17.6 Å². The minimum Gasteiger partial charge on any atom is -0.382 e. The van der Waals surface area contributed by atoms with E-state index in [0.29, 0.717) is 18.2 Å². The number of ether oxygens (including phenoxy) is 2. The molecule has 0 saturated carbocycles. The van der Waals surface area contributed by atoms with Gasteiger partial charge in [0.1, 0.15) is 0 Å². The van der Waals surface area contributed by atoms with Gasteiger partial charge in [-0.15, -0.1) is 0 Å². The van der Waals surface area contributed by atoms with Gasteiger partial charge in [-0.1, -0.05) is 23.7 Å². The second-order valence-corrected chi connectivity index (χ2v) is 6.91. The standard InChI is InChI=1S/C17H25ClN2O3/c1-17(2)10-14(8-9-23-17)19-16(21)20-15(11-22-3)12-4-6-13(18)7-5-12/h4-7,14-15H,8-11H2,1-3H3,(H2,19,20,21)/t14-,15-/m0/s1. The summed E-state index contributed by atoms with van der Waals surface area (Å²) < 4.78 is 10.9. The van der Waals surface area contributed by atoms with E-state index in [0.717, 1.165) is 18.4 Å². The molecule has 1 aliphatic heterocycles. The third kappa shape index (κ3) is 5.68. The topological polar surface area (TPSA) is 59.6 Å². The smallest absolute Gasteiger partial charge is 0.315 e. The summed E-state index contributed by atoms with van der Waals surface area (Å²) in [4.78, 5) is 12.3. The van der Waals surface area contributed by atoms with Crippen LogP contribution in [0.25, 0.3) is 0 Å². The highest BCUT2D eigenvalue weighted by Gasteiger charge is 2.30. The molecule has 6 heteroatoms. The first kappa shape index (κ1) is 18.0. The Bertz CT molecular complexity index is 519. The van der Waals surface area contributed by atoms with Crippen LogP contribution >= 0.6 is 11.6 Å². The highest BCUT2D eigenvalue weighted by Crippen LogP contribution is 2.24. The molecule has 1 aliphatic rings. The van der Waals surface area contributed by atoms with Gasteiger partial charge in [0.2, 0.25) is 0 Å². The molecule has 2 rings (SSSR count). The lowest BCUT2D eigenvalue weighted by Crippen LogP contribution is -2.49. The Morgan fingerprint density at radius 1 is 1.43 bits per heavy atom. The Morgan fingerprint density at radius 2 is 2.13 bits per heavy atom. The van der Waals surface area contributed by atoms with Gasteiger partial charge < -0.3 is 20.1 Å². The van der Waals surface area contributed by atoms with Crippen LogP contribution in [-0.4, -0.2) is 38.0 Å². The first-order valence-corrected chi connectivity index (χ1v) is 8.23. The molecule has 0 aromatic heterocycles. The maximum Gasteiger partial charge on any atom is 0.315 e. The molecule has 1 fully saturated rings. The largest absolute Gasteiger partial charge is 0.382 e. The van der Waals surface area contributed by atoms with Crippen LogP contribution in [0, 0.1) is 0 Å². The van der Waals surface area contributed by atoms with E-state index in [1.807, 2.05) is 26.0 Å². The Morgan fingerprint density at radius 3 is 2.74 bits per heavy atom. The summed E-state index contributed by atoms with van der Waals surface area (Å²) in [6.45, 7) is 5.14. The maximum atomic E-state index is 12.3. The first-order valence-electron chi connectivity index (χ1n) is 7.85. The van der Waals surface area contributed by atoms with Crippen LogP contribution in [0.2, 0.25) is 5.02 Å². The van der Waals surface area contributed by atoms with Crippen molar-refractivity contribution in [2.45, 2.75) is 44.4 Å². The quantitative estimate of drug-likeness (QED) is 0.864. The number of rotatable bonds is 5. The zero-order valence-electron chi connectivity index (χ0n) is 13.9. The van der Waals surface area contributed by atoms with E-state index >= 15 is 0 Å². The Kier molecular flexibility index (Phi) is 6.27. The molecule has 2 amide bonds. The molecule has 2 N–H and O–H groups in total. The molecule has 0 unspecified atom stereocenters. The van der Waals surface area contributed by atoms with E-state index in [4.69, 9.17) is 21.1 Å². The third-order valence-electron chi connectivity index (χ3n) is 3.94. The molecule has 23 heavy (non-hydrogen) atoms. The van der Waals surface area contributed by atoms with Crippen LogP contribution in [-0.2, 0) is 9.47 Å². The summed E-state index contributed by atoms with van der Waals surface area (Å²) in [6, 6.07) is 7.11. The van der Waals surface area contributed by atoms with Crippen LogP contribution < -0.4 is 10.6 Å². The molecular formula is C17H25ClN2O3. The molecule has 5 nitrogen and oxygen atoms in total. The van der Waals surface area contributed by atoms with Crippen LogP contribution in [0.1, 0.15) is 38.3 Å². The fourth-order valence-electron chi connectivity index (χ4n) is 2.82. The molecule has 0 aliphatic carbocycles. The number of carbonyl (C=O) groups is 1. The normalized spacial score (nSPS) is 21.5. The summed E-state index contributed by atoms with van der Waals surface area (Å²) in [7, 11) is 1.61. The SMILES string of the molecule is COC[C@H](NC(=O)N[C@H]1CCOC(C)(C)C1)c1ccc(Cl)cc1. The van der Waals surface area contributed by atoms with E-state index in [-0.39, 0.29) is 23.7 Å². The van der Waals surface area contributed by atoms with Crippen molar-refractivity contribution in [1.29, 1.82) is 0 Å². The highest BCUT2D eigenvalue weighted by molar-refractivity contribution is 6.30. The molecule has 0 spiro atoms. The summed E-state index contributed by atoms with van der Waals surface area (Å²) in [5.74, 6) is 0. The van der Waals surface area contributed by atoms with Crippen molar-refractivity contribution in [3.8, 4) is 0 Å². The molecule has 1 aromatic carbocycles. The number of hydrogen-bond acceptors (Lipinski definition) is 3. The fourth-order valence-corrected chi connectivity index (χ4v) is 2.95. The second kappa shape index (κ2) is 7.99. The summed E-state index contributed by atoms with van der Waals surface area (Å²) >= 11 is 5.91. The van der Waals surface area contributed by atoms with Gasteiger partial charge in [0.15, 0.2) is 0 Å². The molecule has 1 saturated heterocycles. The van der Waals surface area contributed by atoms with Crippen molar-refractivity contribution < 1.29 is 14.3 Å².